The third kappa shape index (κ3) is 6.42. The number of methoxy groups -OCH3 is 1. The first-order chi connectivity index (χ1) is 17.3. The molecule has 36 heavy (non-hydrogen) atoms. The van der Waals surface area contributed by atoms with E-state index in [-0.39, 0.29) is 10.8 Å². The molecule has 0 unspecified atom stereocenters. The van der Waals surface area contributed by atoms with Crippen molar-refractivity contribution >= 4 is 33.2 Å². The van der Waals surface area contributed by atoms with Crippen molar-refractivity contribution in [1.82, 2.24) is 5.32 Å². The second-order valence-electron chi connectivity index (χ2n) is 8.18. The highest BCUT2D eigenvalue weighted by Crippen LogP contribution is 2.27. The lowest BCUT2D eigenvalue weighted by Crippen LogP contribution is -2.38. The summed E-state index contributed by atoms with van der Waals surface area (Å²) in [5.74, 6) is -0.325. The fourth-order valence-electron chi connectivity index (χ4n) is 3.63. The van der Waals surface area contributed by atoms with Crippen LogP contribution < -0.4 is 19.7 Å². The number of nitrogens with one attached hydrogen (secondary N) is 2. The molecule has 3 aromatic carbocycles. The Bertz CT molecular complexity index is 1310. The smallest absolute Gasteiger partial charge is 0.264 e. The molecule has 3 aromatic rings. The van der Waals surface area contributed by atoms with E-state index in [1.54, 1.807) is 67.6 Å². The second-order valence-corrected chi connectivity index (χ2v) is 10.0. The van der Waals surface area contributed by atoms with E-state index in [1.807, 2.05) is 6.92 Å². The minimum Gasteiger partial charge on any atom is -0.496 e. The number of carbonyl (C=O) groups is 2. The van der Waals surface area contributed by atoms with Crippen LogP contribution in [0.2, 0.25) is 0 Å². The molecule has 0 fully saturated rings. The molecule has 8 nitrogen and oxygen atoms in total. The van der Waals surface area contributed by atoms with Crippen LogP contribution in [0.15, 0.2) is 77.7 Å². The first-order valence-corrected chi connectivity index (χ1v) is 13.1. The SMILES string of the molecule is CCCCNC(=O)c1ccccc1NC(=O)CN(c1ccccc1)S(=O)(=O)c1ccc(OC)c(C)c1. The number of nitrogens with zero attached hydrogens (tertiary/aromatic N) is 1. The Balaban J connectivity index is 1.89. The number of sulfonamides is 1. The molecule has 0 bridgehead atoms. The van der Waals surface area contributed by atoms with E-state index in [0.29, 0.717) is 34.8 Å². The normalized spacial score (nSPS) is 11.0. The van der Waals surface area contributed by atoms with E-state index in [0.717, 1.165) is 17.1 Å². The Morgan fingerprint density at radius 2 is 1.67 bits per heavy atom. The van der Waals surface area contributed by atoms with Gasteiger partial charge in [0, 0.05) is 6.54 Å². The first kappa shape index (κ1) is 26.7. The number of rotatable bonds is 11. The van der Waals surface area contributed by atoms with Crippen molar-refractivity contribution < 1.29 is 22.7 Å². The molecule has 0 aliphatic rings. The van der Waals surface area contributed by atoms with Gasteiger partial charge in [0.2, 0.25) is 5.91 Å². The average molecular weight is 510 g/mol. The van der Waals surface area contributed by atoms with E-state index in [1.165, 1.54) is 19.2 Å². The fraction of sp³-hybridized carbons (Fsp3) is 0.259. The van der Waals surface area contributed by atoms with Gasteiger partial charge in [0.15, 0.2) is 0 Å². The largest absolute Gasteiger partial charge is 0.496 e. The van der Waals surface area contributed by atoms with Gasteiger partial charge >= 0.3 is 0 Å². The van der Waals surface area contributed by atoms with Crippen molar-refractivity contribution in [2.45, 2.75) is 31.6 Å². The van der Waals surface area contributed by atoms with Crippen molar-refractivity contribution in [1.29, 1.82) is 0 Å². The second kappa shape index (κ2) is 12.2. The van der Waals surface area contributed by atoms with Gasteiger partial charge in [-0.1, -0.05) is 43.7 Å². The van der Waals surface area contributed by atoms with Gasteiger partial charge in [-0.15, -0.1) is 0 Å². The molecule has 9 heteroatoms. The summed E-state index contributed by atoms with van der Waals surface area (Å²) < 4.78 is 33.6. The number of aryl methyl sites for hydroxylation is 1. The summed E-state index contributed by atoms with van der Waals surface area (Å²) in [6, 6.07) is 19.6. The molecular formula is C27H31N3O5S. The van der Waals surface area contributed by atoms with Crippen LogP contribution in [0.4, 0.5) is 11.4 Å². The van der Waals surface area contributed by atoms with Gasteiger partial charge in [0.1, 0.15) is 12.3 Å². The topological polar surface area (TPSA) is 105 Å². The minimum atomic E-state index is -4.09. The number of hydrogen-bond donors (Lipinski definition) is 2. The van der Waals surface area contributed by atoms with Crippen molar-refractivity contribution in [3.63, 3.8) is 0 Å². The fourth-order valence-corrected chi connectivity index (χ4v) is 5.14. The van der Waals surface area contributed by atoms with Crippen LogP contribution >= 0.6 is 0 Å². The Hall–Kier alpha value is -3.85. The van der Waals surface area contributed by atoms with E-state index >= 15 is 0 Å². The summed E-state index contributed by atoms with van der Waals surface area (Å²) in [6.07, 6.45) is 1.78. The van der Waals surface area contributed by atoms with Crippen LogP contribution in [0.3, 0.4) is 0 Å². The van der Waals surface area contributed by atoms with Crippen molar-refractivity contribution in [2.24, 2.45) is 0 Å². The van der Waals surface area contributed by atoms with Gasteiger partial charge in [0.25, 0.3) is 15.9 Å². The van der Waals surface area contributed by atoms with Crippen LogP contribution in [-0.2, 0) is 14.8 Å². The molecule has 0 saturated carbocycles. The number of amides is 2. The van der Waals surface area contributed by atoms with Crippen LogP contribution in [0, 0.1) is 6.92 Å². The lowest BCUT2D eigenvalue weighted by molar-refractivity contribution is -0.114. The highest BCUT2D eigenvalue weighted by Gasteiger charge is 2.28. The summed E-state index contributed by atoms with van der Waals surface area (Å²) in [5.41, 5.74) is 1.61. The number of para-hydroxylation sites is 2. The summed E-state index contributed by atoms with van der Waals surface area (Å²) in [7, 11) is -2.58. The minimum absolute atomic E-state index is 0.0353. The Kier molecular flexibility index (Phi) is 9.08. The zero-order chi connectivity index (χ0) is 26.1. The van der Waals surface area contributed by atoms with Gasteiger partial charge in [-0.2, -0.15) is 0 Å². The lowest BCUT2D eigenvalue weighted by atomic mass is 10.1. The first-order valence-electron chi connectivity index (χ1n) is 11.7. The van der Waals surface area contributed by atoms with E-state index in [2.05, 4.69) is 10.6 Å². The van der Waals surface area contributed by atoms with E-state index < -0.39 is 22.5 Å². The molecular weight excluding hydrogens is 478 g/mol. The average Bonchev–Trinajstić information content (AvgIpc) is 2.88. The molecule has 0 heterocycles. The predicted molar refractivity (Wildman–Crippen MR) is 141 cm³/mol. The molecule has 0 radical (unpaired) electrons. The third-order valence-electron chi connectivity index (χ3n) is 5.55. The van der Waals surface area contributed by atoms with E-state index in [4.69, 9.17) is 4.74 Å². The van der Waals surface area contributed by atoms with Gasteiger partial charge in [0.05, 0.1) is 28.9 Å². The van der Waals surface area contributed by atoms with Gasteiger partial charge in [-0.25, -0.2) is 8.42 Å². The molecule has 0 spiro atoms. The van der Waals surface area contributed by atoms with Gasteiger partial charge < -0.3 is 15.4 Å². The number of benzene rings is 3. The predicted octanol–water partition coefficient (Wildman–Crippen LogP) is 4.37. The number of carbonyl (C=O) groups excluding carboxylic acids is 2. The number of ether oxygens (including phenoxy) is 1. The zero-order valence-corrected chi connectivity index (χ0v) is 21.5. The monoisotopic (exact) mass is 509 g/mol. The molecule has 0 saturated heterocycles. The van der Waals surface area contributed by atoms with Crippen LogP contribution in [0.25, 0.3) is 0 Å². The Labute approximate surface area is 212 Å². The number of anilines is 2. The maximum absolute atomic E-state index is 13.6. The van der Waals surface area contributed by atoms with Crippen molar-refractivity contribution in [2.75, 3.05) is 29.8 Å². The summed E-state index contributed by atoms with van der Waals surface area (Å²) >= 11 is 0. The van der Waals surface area contributed by atoms with Crippen LogP contribution in [-0.4, -0.2) is 40.4 Å². The van der Waals surface area contributed by atoms with Gasteiger partial charge in [-0.05, 0) is 61.4 Å². The molecule has 3 rings (SSSR count). The van der Waals surface area contributed by atoms with E-state index in [9.17, 15) is 18.0 Å². The summed E-state index contributed by atoms with van der Waals surface area (Å²) in [5, 5.41) is 5.54. The Morgan fingerprint density at radius 3 is 2.33 bits per heavy atom. The maximum atomic E-state index is 13.6. The quantitative estimate of drug-likeness (QED) is 0.374. The number of hydrogen-bond acceptors (Lipinski definition) is 5. The Morgan fingerprint density at radius 1 is 0.972 bits per heavy atom. The standard InChI is InChI=1S/C27H31N3O5S/c1-4-5-17-28-27(32)23-13-9-10-14-24(23)29-26(31)19-30(21-11-7-6-8-12-21)36(33,34)22-15-16-25(35-3)20(2)18-22/h6-16,18H,4-5,17,19H2,1-3H3,(H,28,32)(H,29,31). The maximum Gasteiger partial charge on any atom is 0.264 e. The van der Waals surface area contributed by atoms with Crippen molar-refractivity contribution in [3.05, 3.63) is 83.9 Å². The molecule has 0 aliphatic carbocycles. The zero-order valence-electron chi connectivity index (χ0n) is 20.7. The third-order valence-corrected chi connectivity index (χ3v) is 7.32. The van der Waals surface area contributed by atoms with Crippen molar-refractivity contribution in [3.8, 4) is 5.75 Å². The van der Waals surface area contributed by atoms with Crippen LogP contribution in [0.1, 0.15) is 35.7 Å². The van der Waals surface area contributed by atoms with Gasteiger partial charge in [-0.3, -0.25) is 13.9 Å². The molecule has 0 aromatic heterocycles. The lowest BCUT2D eigenvalue weighted by Gasteiger charge is -2.24. The molecule has 2 N–H and O–H groups in total. The highest BCUT2D eigenvalue weighted by atomic mass is 32.2. The molecule has 190 valence electrons. The molecule has 2 amide bonds. The summed E-state index contributed by atoms with van der Waals surface area (Å²) in [6.45, 7) is 3.82. The number of unbranched alkanes of at least 4 members (excludes halogenated alkanes) is 1. The summed E-state index contributed by atoms with van der Waals surface area (Å²) in [4.78, 5) is 25.8. The molecule has 0 atom stereocenters. The molecule has 0 aliphatic heterocycles. The van der Waals surface area contributed by atoms with Crippen LogP contribution in [0.5, 0.6) is 5.75 Å². The highest BCUT2D eigenvalue weighted by molar-refractivity contribution is 7.92.